The summed E-state index contributed by atoms with van der Waals surface area (Å²) in [6.45, 7) is 3.42. The van der Waals surface area contributed by atoms with Crippen LogP contribution in [0.3, 0.4) is 0 Å². The molecule has 1 heterocycles. The Hall–Kier alpha value is -1.41. The second-order valence-corrected chi connectivity index (χ2v) is 5.47. The van der Waals surface area contributed by atoms with Crippen molar-refractivity contribution in [1.82, 2.24) is 9.88 Å². The first-order valence-electron chi connectivity index (χ1n) is 4.95. The summed E-state index contributed by atoms with van der Waals surface area (Å²) in [5.74, 6) is 0.737. The van der Waals surface area contributed by atoms with Crippen molar-refractivity contribution in [2.24, 2.45) is 0 Å². The molecule has 1 amide bonds. The van der Waals surface area contributed by atoms with E-state index in [1.54, 1.807) is 13.0 Å². The Bertz CT molecular complexity index is 494. The molecule has 7 nitrogen and oxygen atoms in total. The van der Waals surface area contributed by atoms with E-state index in [1.807, 2.05) is 0 Å². The third-order valence-electron chi connectivity index (χ3n) is 1.97. The Balaban J connectivity index is 2.65. The summed E-state index contributed by atoms with van der Waals surface area (Å²) in [4.78, 5) is 12.7. The Labute approximate surface area is 99.8 Å². The smallest absolute Gasteiger partial charge is 0.225 e. The third kappa shape index (κ3) is 4.53. The molecule has 0 radical (unpaired) electrons. The molecule has 0 fully saturated rings. The number of hydrogen-bond acceptors (Lipinski definition) is 5. The lowest BCUT2D eigenvalue weighted by atomic mass is 10.4. The third-order valence-corrected chi connectivity index (χ3v) is 2.70. The summed E-state index contributed by atoms with van der Waals surface area (Å²) in [5.41, 5.74) is 0. The van der Waals surface area contributed by atoms with Crippen LogP contribution < -0.4 is 9.62 Å². The summed E-state index contributed by atoms with van der Waals surface area (Å²) in [6.07, 6.45) is 1.06. The van der Waals surface area contributed by atoms with E-state index in [0.717, 1.165) is 6.26 Å². The summed E-state index contributed by atoms with van der Waals surface area (Å²) in [5, 5.41) is 3.71. The second kappa shape index (κ2) is 5.28. The maximum Gasteiger partial charge on any atom is 0.225 e. The maximum atomic E-state index is 11.4. The molecule has 96 valence electrons. The zero-order valence-corrected chi connectivity index (χ0v) is 10.7. The fraction of sp³-hybridized carbons (Fsp3) is 0.556. The van der Waals surface area contributed by atoms with Gasteiger partial charge in [-0.15, -0.1) is 0 Å². The van der Waals surface area contributed by atoms with E-state index >= 15 is 0 Å². The van der Waals surface area contributed by atoms with Crippen molar-refractivity contribution in [3.05, 3.63) is 11.8 Å². The average Bonchev–Trinajstić information content (AvgIpc) is 2.57. The molecule has 0 aliphatic rings. The van der Waals surface area contributed by atoms with Gasteiger partial charge in [0.1, 0.15) is 5.76 Å². The van der Waals surface area contributed by atoms with E-state index in [-0.39, 0.29) is 19.0 Å². The predicted molar refractivity (Wildman–Crippen MR) is 62.1 cm³/mol. The predicted octanol–water partition coefficient (Wildman–Crippen LogP) is -0.115. The van der Waals surface area contributed by atoms with E-state index in [2.05, 4.69) is 9.88 Å². The molecule has 0 aromatic carbocycles. The Kier molecular flexibility index (Phi) is 4.24. The molecule has 8 heteroatoms. The fourth-order valence-corrected chi connectivity index (χ4v) is 1.72. The molecule has 0 unspecified atom stereocenters. The fourth-order valence-electron chi connectivity index (χ4n) is 1.26. The minimum absolute atomic E-state index is 0.129. The lowest BCUT2D eigenvalue weighted by Crippen LogP contribution is -2.37. The van der Waals surface area contributed by atoms with Gasteiger partial charge in [-0.3, -0.25) is 9.69 Å². The van der Waals surface area contributed by atoms with Crippen LogP contribution in [-0.2, 0) is 14.8 Å². The first kappa shape index (κ1) is 13.7. The quantitative estimate of drug-likeness (QED) is 0.798. The second-order valence-electron chi connectivity index (χ2n) is 3.63. The topological polar surface area (TPSA) is 92.5 Å². The number of nitrogens with one attached hydrogen (secondary N) is 1. The monoisotopic (exact) mass is 261 g/mol. The molecule has 1 rings (SSSR count). The van der Waals surface area contributed by atoms with Crippen LogP contribution in [0.5, 0.6) is 0 Å². The molecular formula is C9H15N3O4S. The van der Waals surface area contributed by atoms with Gasteiger partial charge in [0.25, 0.3) is 0 Å². The zero-order valence-electron chi connectivity index (χ0n) is 9.93. The van der Waals surface area contributed by atoms with Crippen molar-refractivity contribution in [3.8, 4) is 0 Å². The van der Waals surface area contributed by atoms with Crippen molar-refractivity contribution in [1.29, 1.82) is 0 Å². The molecule has 1 aromatic rings. The van der Waals surface area contributed by atoms with Gasteiger partial charge in [-0.05, 0) is 6.92 Å². The molecule has 17 heavy (non-hydrogen) atoms. The SMILES string of the molecule is CC(=O)N(CCNS(C)(=O)=O)c1cc(C)on1. The van der Waals surface area contributed by atoms with Gasteiger partial charge in [0.15, 0.2) is 5.82 Å². The Morgan fingerprint density at radius 3 is 2.65 bits per heavy atom. The van der Waals surface area contributed by atoms with Gasteiger partial charge < -0.3 is 4.52 Å². The highest BCUT2D eigenvalue weighted by Gasteiger charge is 2.15. The van der Waals surface area contributed by atoms with Gasteiger partial charge in [0.2, 0.25) is 15.9 Å². The maximum absolute atomic E-state index is 11.4. The first-order chi connectivity index (χ1) is 7.79. The van der Waals surface area contributed by atoms with Gasteiger partial charge >= 0.3 is 0 Å². The lowest BCUT2D eigenvalue weighted by molar-refractivity contribution is -0.116. The summed E-state index contributed by atoms with van der Waals surface area (Å²) >= 11 is 0. The molecule has 1 aromatic heterocycles. The molecule has 0 saturated heterocycles. The van der Waals surface area contributed by atoms with Crippen molar-refractivity contribution >= 4 is 21.7 Å². The van der Waals surface area contributed by atoms with E-state index in [4.69, 9.17) is 4.52 Å². The van der Waals surface area contributed by atoms with E-state index < -0.39 is 10.0 Å². The normalized spacial score (nSPS) is 11.5. The lowest BCUT2D eigenvalue weighted by Gasteiger charge is -2.17. The number of carbonyl (C=O) groups excluding carboxylic acids is 1. The molecule has 0 saturated carbocycles. The van der Waals surface area contributed by atoms with Crippen molar-refractivity contribution < 1.29 is 17.7 Å². The average molecular weight is 261 g/mol. The van der Waals surface area contributed by atoms with Crippen LogP contribution >= 0.6 is 0 Å². The van der Waals surface area contributed by atoms with Crippen molar-refractivity contribution in [2.75, 3.05) is 24.2 Å². The highest BCUT2D eigenvalue weighted by atomic mass is 32.2. The Morgan fingerprint density at radius 2 is 2.24 bits per heavy atom. The summed E-state index contributed by atoms with van der Waals surface area (Å²) in [6, 6.07) is 1.61. The van der Waals surface area contributed by atoms with Gasteiger partial charge in [-0.2, -0.15) is 0 Å². The van der Waals surface area contributed by atoms with E-state index in [0.29, 0.717) is 11.6 Å². The van der Waals surface area contributed by atoms with Crippen LogP contribution in [0.2, 0.25) is 0 Å². The number of amides is 1. The highest BCUT2D eigenvalue weighted by Crippen LogP contribution is 2.13. The van der Waals surface area contributed by atoms with Crippen LogP contribution in [0, 0.1) is 6.92 Å². The molecule has 0 bridgehead atoms. The number of aryl methyl sites for hydroxylation is 1. The van der Waals surface area contributed by atoms with Gasteiger partial charge in [0.05, 0.1) is 6.26 Å². The Morgan fingerprint density at radius 1 is 1.59 bits per heavy atom. The minimum atomic E-state index is -3.25. The zero-order chi connectivity index (χ0) is 13.1. The van der Waals surface area contributed by atoms with Gasteiger partial charge in [-0.25, -0.2) is 13.1 Å². The van der Waals surface area contributed by atoms with Gasteiger partial charge in [0, 0.05) is 26.1 Å². The number of rotatable bonds is 5. The van der Waals surface area contributed by atoms with Crippen LogP contribution in [0.15, 0.2) is 10.6 Å². The van der Waals surface area contributed by atoms with E-state index in [1.165, 1.54) is 11.8 Å². The van der Waals surface area contributed by atoms with Crippen LogP contribution in [0.1, 0.15) is 12.7 Å². The number of nitrogens with zero attached hydrogens (tertiary/aromatic N) is 2. The molecule has 0 aliphatic heterocycles. The summed E-state index contributed by atoms with van der Waals surface area (Å²) in [7, 11) is -3.25. The molecule has 1 N–H and O–H groups in total. The number of carbonyl (C=O) groups is 1. The minimum Gasteiger partial charge on any atom is -0.360 e. The first-order valence-corrected chi connectivity index (χ1v) is 6.85. The number of hydrogen-bond donors (Lipinski definition) is 1. The van der Waals surface area contributed by atoms with Crippen molar-refractivity contribution in [3.63, 3.8) is 0 Å². The molecule has 0 spiro atoms. The van der Waals surface area contributed by atoms with Crippen LogP contribution in [0.25, 0.3) is 0 Å². The number of aromatic nitrogens is 1. The van der Waals surface area contributed by atoms with Gasteiger partial charge in [-0.1, -0.05) is 5.16 Å². The summed E-state index contributed by atoms with van der Waals surface area (Å²) < 4.78 is 28.9. The van der Waals surface area contributed by atoms with Crippen molar-refractivity contribution in [2.45, 2.75) is 13.8 Å². The van der Waals surface area contributed by atoms with Crippen LogP contribution in [0.4, 0.5) is 5.82 Å². The number of anilines is 1. The largest absolute Gasteiger partial charge is 0.360 e. The highest BCUT2D eigenvalue weighted by molar-refractivity contribution is 7.88. The molecule has 0 atom stereocenters. The molecular weight excluding hydrogens is 246 g/mol. The van der Waals surface area contributed by atoms with Crippen LogP contribution in [-0.4, -0.2) is 38.8 Å². The molecule has 0 aliphatic carbocycles. The number of sulfonamides is 1. The standard InChI is InChI=1S/C9H15N3O4S/c1-7-6-9(11-16-7)12(8(2)13)5-4-10-17(3,14)15/h6,10H,4-5H2,1-3H3. The van der Waals surface area contributed by atoms with E-state index in [9.17, 15) is 13.2 Å².